The van der Waals surface area contributed by atoms with E-state index in [4.69, 9.17) is 0 Å². The van der Waals surface area contributed by atoms with Crippen LogP contribution < -0.4 is 0 Å². The highest BCUT2D eigenvalue weighted by atomic mass is 32.1. The standard InChI is InChI=1S/C88H48N6S2/c89-49-69-82(92-73-39-13-7-29-59(73)60-30-8-14-40-74(60)92)84(94-76-42-20-36-64(56-34-18-24-52-22-2-4-26-54(52)56)80(76)68-48-46-66-62-32-10-16-44-78(62)96-88(66)86(68)94)70(50-90)81(91-71-37-11-5-27-57(71)58-28-6-12-38-72(58)91)83(69)93-75-41-19-35-63(55-33-17-23-51-21-1-3-25-53(51)55)79(75)67-47-45-65-61-31-9-15-43-77(61)95-87(65)85(67)93/h1-48H. The first-order chi connectivity index (χ1) is 47.6. The molecule has 0 radical (unpaired) electrons. The predicted molar refractivity (Wildman–Crippen MR) is 405 cm³/mol. The van der Waals surface area contributed by atoms with Gasteiger partial charge in [-0.1, -0.05) is 243 Å². The molecule has 0 N–H and O–H groups in total. The lowest BCUT2D eigenvalue weighted by Crippen LogP contribution is -2.16. The molecule has 8 heteroatoms. The summed E-state index contributed by atoms with van der Waals surface area (Å²) in [5.74, 6) is 0. The summed E-state index contributed by atoms with van der Waals surface area (Å²) in [4.78, 5) is 0. The lowest BCUT2D eigenvalue weighted by atomic mass is 9.94. The Morgan fingerprint density at radius 3 is 0.917 bits per heavy atom. The molecule has 0 fully saturated rings. The molecule has 0 aliphatic heterocycles. The van der Waals surface area contributed by atoms with Crippen molar-refractivity contribution in [2.45, 2.75) is 0 Å². The molecule has 0 unspecified atom stereocenters. The molecule has 6 heterocycles. The van der Waals surface area contributed by atoms with E-state index in [9.17, 15) is 10.5 Å². The van der Waals surface area contributed by atoms with Crippen LogP contribution in [0.1, 0.15) is 11.1 Å². The second-order valence-corrected chi connectivity index (χ2v) is 27.2. The van der Waals surface area contributed by atoms with E-state index in [1.165, 1.54) is 0 Å². The van der Waals surface area contributed by atoms with E-state index in [1.54, 1.807) is 22.7 Å². The summed E-state index contributed by atoms with van der Waals surface area (Å²) in [7, 11) is 0. The molecule has 21 aromatic rings. The number of fused-ring (bicyclic) bond motifs is 22. The van der Waals surface area contributed by atoms with Crippen LogP contribution in [-0.2, 0) is 0 Å². The Morgan fingerprint density at radius 2 is 0.521 bits per heavy atom. The van der Waals surface area contributed by atoms with E-state index in [-0.39, 0.29) is 0 Å². The van der Waals surface area contributed by atoms with E-state index >= 15 is 0 Å². The van der Waals surface area contributed by atoms with Gasteiger partial charge in [0.1, 0.15) is 23.3 Å². The molecule has 96 heavy (non-hydrogen) atoms. The van der Waals surface area contributed by atoms with Gasteiger partial charge in [-0.25, -0.2) is 0 Å². The van der Waals surface area contributed by atoms with Crippen molar-refractivity contribution < 1.29 is 0 Å². The third-order valence-corrected chi connectivity index (χ3v) is 22.8. The number of para-hydroxylation sites is 4. The van der Waals surface area contributed by atoms with Crippen molar-refractivity contribution in [1.29, 1.82) is 10.5 Å². The summed E-state index contributed by atoms with van der Waals surface area (Å²) >= 11 is 3.56. The van der Waals surface area contributed by atoms with Crippen molar-refractivity contribution in [3.8, 4) is 57.1 Å². The average molecular weight is 1250 g/mol. The van der Waals surface area contributed by atoms with Crippen LogP contribution >= 0.6 is 22.7 Å². The predicted octanol–water partition coefficient (Wildman–Crippen LogP) is 24.2. The highest BCUT2D eigenvalue weighted by Crippen LogP contribution is 2.54. The number of hydrogen-bond donors (Lipinski definition) is 0. The molecule has 15 aromatic carbocycles. The summed E-state index contributed by atoms with van der Waals surface area (Å²) in [5.41, 5.74) is 15.0. The number of nitrogens with zero attached hydrogens (tertiary/aromatic N) is 6. The van der Waals surface area contributed by atoms with Gasteiger partial charge in [0.15, 0.2) is 0 Å². The van der Waals surface area contributed by atoms with Crippen LogP contribution in [-0.4, -0.2) is 18.3 Å². The van der Waals surface area contributed by atoms with E-state index in [1.807, 2.05) is 0 Å². The number of benzene rings is 15. The van der Waals surface area contributed by atoms with Crippen molar-refractivity contribution in [2.75, 3.05) is 0 Å². The van der Waals surface area contributed by atoms with Gasteiger partial charge in [0.25, 0.3) is 0 Å². The first kappa shape index (κ1) is 53.0. The quantitative estimate of drug-likeness (QED) is 0.166. The lowest BCUT2D eigenvalue weighted by molar-refractivity contribution is 1.03. The van der Waals surface area contributed by atoms with Crippen LogP contribution in [0.4, 0.5) is 0 Å². The molecular formula is C88H48N6S2. The summed E-state index contributed by atoms with van der Waals surface area (Å²) in [6.07, 6.45) is 0. The summed E-state index contributed by atoms with van der Waals surface area (Å²) in [6.45, 7) is 0. The largest absolute Gasteiger partial charge is 0.306 e. The van der Waals surface area contributed by atoms with Gasteiger partial charge in [-0.15, -0.1) is 22.7 Å². The zero-order valence-electron chi connectivity index (χ0n) is 51.2. The fourth-order valence-corrected chi connectivity index (χ4v) is 19.1. The van der Waals surface area contributed by atoms with Crippen LogP contribution in [0.25, 0.3) is 194 Å². The van der Waals surface area contributed by atoms with E-state index in [0.717, 1.165) is 171 Å². The van der Waals surface area contributed by atoms with E-state index in [0.29, 0.717) is 33.9 Å². The zero-order valence-corrected chi connectivity index (χ0v) is 52.8. The maximum atomic E-state index is 13.5. The van der Waals surface area contributed by atoms with Crippen molar-refractivity contribution in [3.63, 3.8) is 0 Å². The third kappa shape index (κ3) is 7.05. The van der Waals surface area contributed by atoms with Crippen LogP contribution in [0, 0.1) is 22.7 Å². The molecule has 0 aliphatic rings. The molecule has 6 nitrogen and oxygen atoms in total. The average Bonchev–Trinajstić information content (AvgIpc) is 1.41. The van der Waals surface area contributed by atoms with Gasteiger partial charge < -0.3 is 18.3 Å². The van der Waals surface area contributed by atoms with Crippen molar-refractivity contribution in [2.24, 2.45) is 0 Å². The maximum absolute atomic E-state index is 13.5. The van der Waals surface area contributed by atoms with Gasteiger partial charge in [-0.05, 0) is 92.3 Å². The minimum atomic E-state index is 0.406. The second kappa shape index (κ2) is 20.0. The van der Waals surface area contributed by atoms with E-state index < -0.39 is 0 Å². The lowest BCUT2D eigenvalue weighted by Gasteiger charge is -2.27. The van der Waals surface area contributed by atoms with Gasteiger partial charge in [0, 0.05) is 74.0 Å². The number of thiophene rings is 2. The van der Waals surface area contributed by atoms with Gasteiger partial charge in [-0.3, -0.25) is 0 Å². The summed E-state index contributed by atoms with van der Waals surface area (Å²) in [6, 6.07) is 111. The molecule has 6 aromatic heterocycles. The molecular weight excluding hydrogens is 1210 g/mol. The third-order valence-electron chi connectivity index (χ3n) is 20.4. The smallest absolute Gasteiger partial charge is 0.104 e. The van der Waals surface area contributed by atoms with Crippen LogP contribution in [0.5, 0.6) is 0 Å². The Balaban J connectivity index is 1.06. The van der Waals surface area contributed by atoms with Crippen LogP contribution in [0.15, 0.2) is 291 Å². The molecule has 0 saturated carbocycles. The number of nitriles is 2. The Hall–Kier alpha value is -12.6. The van der Waals surface area contributed by atoms with Gasteiger partial charge in [0.05, 0.1) is 76.3 Å². The van der Waals surface area contributed by atoms with Crippen molar-refractivity contribution in [1.82, 2.24) is 18.3 Å². The topological polar surface area (TPSA) is 67.3 Å². The number of hydrogen-bond acceptors (Lipinski definition) is 4. The molecule has 0 aliphatic carbocycles. The highest BCUT2D eigenvalue weighted by Gasteiger charge is 2.36. The molecule has 442 valence electrons. The molecule has 21 rings (SSSR count). The van der Waals surface area contributed by atoms with Gasteiger partial charge in [-0.2, -0.15) is 10.5 Å². The van der Waals surface area contributed by atoms with Gasteiger partial charge in [0.2, 0.25) is 0 Å². The van der Waals surface area contributed by atoms with E-state index in [2.05, 4.69) is 322 Å². The Kier molecular flexibility index (Phi) is 11.0. The summed E-state index contributed by atoms with van der Waals surface area (Å²) < 4.78 is 14.0. The SMILES string of the molecule is N#Cc1c(-n2c3ccccc3c3ccccc32)c(-n2c3cccc(-c4cccc5ccccc45)c3c3ccc4c5ccccc5sc4c32)c(C#N)c(-n2c3ccccc3c3ccccc32)c1-n1c2cccc(-c3cccc4ccccc34)c2c2ccc3c4ccccc4sc3c21. The minimum Gasteiger partial charge on any atom is -0.306 e. The van der Waals surface area contributed by atoms with Crippen LogP contribution in [0.2, 0.25) is 0 Å². The minimum absolute atomic E-state index is 0.406. The first-order valence-electron chi connectivity index (χ1n) is 32.4. The summed E-state index contributed by atoms with van der Waals surface area (Å²) in [5, 5.41) is 44.5. The monoisotopic (exact) mass is 1250 g/mol. The number of rotatable bonds is 6. The molecule has 0 spiro atoms. The number of aromatic nitrogens is 4. The van der Waals surface area contributed by atoms with Crippen molar-refractivity contribution >= 4 is 172 Å². The first-order valence-corrected chi connectivity index (χ1v) is 34.0. The maximum Gasteiger partial charge on any atom is 0.104 e. The second-order valence-electron chi connectivity index (χ2n) is 25.1. The Morgan fingerprint density at radius 1 is 0.229 bits per heavy atom. The molecule has 0 atom stereocenters. The van der Waals surface area contributed by atoms with Crippen LogP contribution in [0.3, 0.4) is 0 Å². The highest BCUT2D eigenvalue weighted by molar-refractivity contribution is 7.27. The van der Waals surface area contributed by atoms with Crippen molar-refractivity contribution in [3.05, 3.63) is 302 Å². The Bertz CT molecular complexity index is 6580. The Labute approximate surface area is 556 Å². The molecule has 0 bridgehead atoms. The van der Waals surface area contributed by atoms with Gasteiger partial charge >= 0.3 is 0 Å². The molecule has 0 saturated heterocycles. The fourth-order valence-electron chi connectivity index (χ4n) is 16.6. The molecule has 0 amide bonds. The normalized spacial score (nSPS) is 12.1. The zero-order chi connectivity index (χ0) is 63.0. The fraction of sp³-hybridized carbons (Fsp3) is 0.